The standard InChI is InChI=1S/C14H25BrO2/c1-9(2)11-5-4-10(3)8-13(11)17-14-12(15)6-7-16-14/h9-14H,4-8H2,1-3H3/t10-,11-,12+,13+,14-/m1/s1. The van der Waals surface area contributed by atoms with E-state index in [9.17, 15) is 0 Å². The number of halogens is 1. The minimum absolute atomic E-state index is 0.0217. The summed E-state index contributed by atoms with van der Waals surface area (Å²) in [6, 6.07) is 0. The molecular weight excluding hydrogens is 280 g/mol. The van der Waals surface area contributed by atoms with Crippen molar-refractivity contribution in [1.29, 1.82) is 0 Å². The van der Waals surface area contributed by atoms with Gasteiger partial charge >= 0.3 is 0 Å². The molecule has 0 aromatic rings. The smallest absolute Gasteiger partial charge is 0.170 e. The van der Waals surface area contributed by atoms with Gasteiger partial charge in [-0.05, 0) is 37.0 Å². The number of ether oxygens (including phenoxy) is 2. The maximum atomic E-state index is 6.24. The van der Waals surface area contributed by atoms with Gasteiger partial charge in [-0.1, -0.05) is 43.1 Å². The van der Waals surface area contributed by atoms with Crippen molar-refractivity contribution < 1.29 is 9.47 Å². The molecule has 0 N–H and O–H groups in total. The second-order valence-corrected chi connectivity index (χ2v) is 7.22. The van der Waals surface area contributed by atoms with Crippen LogP contribution in [0.1, 0.15) is 46.5 Å². The minimum Gasteiger partial charge on any atom is -0.351 e. The minimum atomic E-state index is -0.0217. The molecule has 1 saturated carbocycles. The summed E-state index contributed by atoms with van der Waals surface area (Å²) < 4.78 is 11.9. The van der Waals surface area contributed by atoms with E-state index in [0.29, 0.717) is 22.8 Å². The van der Waals surface area contributed by atoms with E-state index < -0.39 is 0 Å². The van der Waals surface area contributed by atoms with Crippen LogP contribution >= 0.6 is 15.9 Å². The molecule has 3 heteroatoms. The Hall–Kier alpha value is 0.400. The third-order valence-corrected chi connectivity index (χ3v) is 5.13. The highest BCUT2D eigenvalue weighted by Gasteiger charge is 2.36. The fraction of sp³-hybridized carbons (Fsp3) is 1.00. The second kappa shape index (κ2) is 6.03. The van der Waals surface area contributed by atoms with Gasteiger partial charge in [-0.2, -0.15) is 0 Å². The molecule has 0 aromatic carbocycles. The lowest BCUT2D eigenvalue weighted by Gasteiger charge is -2.38. The fourth-order valence-corrected chi connectivity index (χ4v) is 3.57. The predicted molar refractivity (Wildman–Crippen MR) is 73.3 cm³/mol. The van der Waals surface area contributed by atoms with Crippen LogP contribution in [0.5, 0.6) is 0 Å². The number of alkyl halides is 1. The topological polar surface area (TPSA) is 18.5 Å². The first-order valence-electron chi connectivity index (χ1n) is 6.99. The zero-order valence-electron chi connectivity index (χ0n) is 11.2. The van der Waals surface area contributed by atoms with Crippen molar-refractivity contribution >= 4 is 15.9 Å². The van der Waals surface area contributed by atoms with Crippen LogP contribution in [0, 0.1) is 17.8 Å². The van der Waals surface area contributed by atoms with Crippen molar-refractivity contribution in [3.8, 4) is 0 Å². The first-order valence-corrected chi connectivity index (χ1v) is 7.90. The van der Waals surface area contributed by atoms with Gasteiger partial charge in [0.25, 0.3) is 0 Å². The molecule has 1 aliphatic heterocycles. The summed E-state index contributed by atoms with van der Waals surface area (Å²) in [6.07, 6.45) is 5.30. The lowest BCUT2D eigenvalue weighted by Crippen LogP contribution is -2.38. The van der Waals surface area contributed by atoms with Gasteiger partial charge in [0.15, 0.2) is 6.29 Å². The van der Waals surface area contributed by atoms with Gasteiger partial charge in [0.1, 0.15) is 0 Å². The number of rotatable bonds is 3. The van der Waals surface area contributed by atoms with Crippen molar-refractivity contribution in [2.75, 3.05) is 6.61 Å². The van der Waals surface area contributed by atoms with Crippen LogP contribution in [0.2, 0.25) is 0 Å². The Labute approximate surface area is 114 Å². The van der Waals surface area contributed by atoms with Gasteiger partial charge < -0.3 is 9.47 Å². The largest absolute Gasteiger partial charge is 0.351 e. The molecule has 0 amide bonds. The zero-order valence-corrected chi connectivity index (χ0v) is 12.8. The SMILES string of the molecule is CC(C)[C@H]1CC[C@@H](C)C[C@@H]1O[C@H]1OCC[C@@H]1Br. The third-order valence-electron chi connectivity index (χ3n) is 4.24. The molecular formula is C14H25BrO2. The highest BCUT2D eigenvalue weighted by Crippen LogP contribution is 2.37. The van der Waals surface area contributed by atoms with E-state index >= 15 is 0 Å². The van der Waals surface area contributed by atoms with Gasteiger partial charge in [-0.15, -0.1) is 0 Å². The molecule has 0 unspecified atom stereocenters. The average Bonchev–Trinajstić information content (AvgIpc) is 2.64. The Kier molecular flexibility index (Phi) is 4.90. The molecule has 17 heavy (non-hydrogen) atoms. The molecule has 2 aliphatic rings. The Bertz CT molecular complexity index is 244. The van der Waals surface area contributed by atoms with Crippen molar-refractivity contribution in [3.05, 3.63) is 0 Å². The Balaban J connectivity index is 1.94. The summed E-state index contributed by atoms with van der Waals surface area (Å²) in [4.78, 5) is 0.382. The van der Waals surface area contributed by atoms with Crippen molar-refractivity contribution in [1.82, 2.24) is 0 Å². The summed E-state index contributed by atoms with van der Waals surface area (Å²) in [5.41, 5.74) is 0. The monoisotopic (exact) mass is 304 g/mol. The molecule has 2 fully saturated rings. The number of hydrogen-bond donors (Lipinski definition) is 0. The summed E-state index contributed by atoms with van der Waals surface area (Å²) in [5.74, 6) is 2.21. The molecule has 100 valence electrons. The van der Waals surface area contributed by atoms with Crippen molar-refractivity contribution in [3.63, 3.8) is 0 Å². The summed E-state index contributed by atoms with van der Waals surface area (Å²) in [6.45, 7) is 7.81. The van der Waals surface area contributed by atoms with E-state index in [-0.39, 0.29) is 6.29 Å². The number of hydrogen-bond acceptors (Lipinski definition) is 2. The van der Waals surface area contributed by atoms with E-state index in [4.69, 9.17) is 9.47 Å². The Morgan fingerprint density at radius 1 is 1.24 bits per heavy atom. The van der Waals surface area contributed by atoms with Gasteiger partial charge in [0.2, 0.25) is 0 Å². The van der Waals surface area contributed by atoms with E-state index in [1.54, 1.807) is 0 Å². The lowest BCUT2D eigenvalue weighted by molar-refractivity contribution is -0.171. The van der Waals surface area contributed by atoms with Crippen LogP contribution in [-0.4, -0.2) is 23.8 Å². The van der Waals surface area contributed by atoms with Crippen LogP contribution in [0.25, 0.3) is 0 Å². The fourth-order valence-electron chi connectivity index (χ4n) is 3.11. The molecule has 1 aliphatic carbocycles. The van der Waals surface area contributed by atoms with E-state index in [1.807, 2.05) is 0 Å². The normalized spacial score (nSPS) is 43.2. The quantitative estimate of drug-likeness (QED) is 0.734. The first-order chi connectivity index (χ1) is 8.08. The van der Waals surface area contributed by atoms with Gasteiger partial charge in [0.05, 0.1) is 17.5 Å². The van der Waals surface area contributed by atoms with E-state index in [0.717, 1.165) is 18.9 Å². The summed E-state index contributed by atoms with van der Waals surface area (Å²) >= 11 is 3.65. The zero-order chi connectivity index (χ0) is 12.4. The first kappa shape index (κ1) is 13.8. The molecule has 0 aromatic heterocycles. The third kappa shape index (κ3) is 3.45. The average molecular weight is 305 g/mol. The predicted octanol–water partition coefficient (Wildman–Crippen LogP) is 3.97. The van der Waals surface area contributed by atoms with Crippen molar-refractivity contribution in [2.24, 2.45) is 17.8 Å². The van der Waals surface area contributed by atoms with Crippen LogP contribution in [0.3, 0.4) is 0 Å². The molecule has 1 heterocycles. The molecule has 2 nitrogen and oxygen atoms in total. The maximum Gasteiger partial charge on any atom is 0.170 e. The highest BCUT2D eigenvalue weighted by molar-refractivity contribution is 9.09. The molecule has 1 saturated heterocycles. The molecule has 0 radical (unpaired) electrons. The van der Waals surface area contributed by atoms with Gasteiger partial charge in [-0.25, -0.2) is 0 Å². The van der Waals surface area contributed by atoms with Gasteiger partial charge in [-0.3, -0.25) is 0 Å². The highest BCUT2D eigenvalue weighted by atomic mass is 79.9. The van der Waals surface area contributed by atoms with Gasteiger partial charge in [0, 0.05) is 0 Å². The van der Waals surface area contributed by atoms with Crippen molar-refractivity contribution in [2.45, 2.75) is 63.7 Å². The van der Waals surface area contributed by atoms with Crippen LogP contribution in [0.4, 0.5) is 0 Å². The van der Waals surface area contributed by atoms with Crippen LogP contribution < -0.4 is 0 Å². The lowest BCUT2D eigenvalue weighted by atomic mass is 9.75. The van der Waals surface area contributed by atoms with E-state index in [2.05, 4.69) is 36.7 Å². The maximum absolute atomic E-state index is 6.24. The Morgan fingerprint density at radius 2 is 2.00 bits per heavy atom. The Morgan fingerprint density at radius 3 is 2.59 bits per heavy atom. The molecule has 0 spiro atoms. The molecule has 2 rings (SSSR count). The van der Waals surface area contributed by atoms with E-state index in [1.165, 1.54) is 19.3 Å². The summed E-state index contributed by atoms with van der Waals surface area (Å²) in [7, 11) is 0. The van der Waals surface area contributed by atoms with Crippen LogP contribution in [0.15, 0.2) is 0 Å². The van der Waals surface area contributed by atoms with Crippen LogP contribution in [-0.2, 0) is 9.47 Å². The molecule has 0 bridgehead atoms. The summed E-state index contributed by atoms with van der Waals surface area (Å²) in [5, 5.41) is 0. The molecule has 5 atom stereocenters. The second-order valence-electron chi connectivity index (χ2n) is 6.04.